The lowest BCUT2D eigenvalue weighted by Gasteiger charge is -2.15. The van der Waals surface area contributed by atoms with Crippen molar-refractivity contribution in [2.45, 2.75) is 6.42 Å². The molecular weight excluding hydrogens is 152 g/mol. The van der Waals surface area contributed by atoms with Crippen LogP contribution in [0.2, 0.25) is 0 Å². The Kier molecular flexibility index (Phi) is 3.26. The number of rotatable bonds is 4. The van der Waals surface area contributed by atoms with Crippen LogP contribution in [0.1, 0.15) is 6.42 Å². The van der Waals surface area contributed by atoms with Crippen LogP contribution in [-0.2, 0) is 4.79 Å². The van der Waals surface area contributed by atoms with Crippen molar-refractivity contribution in [3.63, 3.8) is 0 Å². The van der Waals surface area contributed by atoms with Crippen molar-refractivity contribution in [3.05, 3.63) is 24.4 Å². The molecule has 0 aliphatic heterocycles. The van der Waals surface area contributed by atoms with Gasteiger partial charge in [-0.1, -0.05) is 6.07 Å². The highest BCUT2D eigenvalue weighted by Gasteiger charge is 1.98. The first kappa shape index (κ1) is 8.71. The van der Waals surface area contributed by atoms with Crippen molar-refractivity contribution in [2.24, 2.45) is 0 Å². The summed E-state index contributed by atoms with van der Waals surface area (Å²) in [5.41, 5.74) is 0. The van der Waals surface area contributed by atoms with Gasteiger partial charge in [0, 0.05) is 26.2 Å². The van der Waals surface area contributed by atoms with Gasteiger partial charge in [-0.3, -0.25) is 0 Å². The fraction of sp³-hybridized carbons (Fsp3) is 0.333. The summed E-state index contributed by atoms with van der Waals surface area (Å²) in [5, 5.41) is 0. The maximum absolute atomic E-state index is 10.1. The lowest BCUT2D eigenvalue weighted by Crippen LogP contribution is -2.19. The first-order chi connectivity index (χ1) is 5.84. The van der Waals surface area contributed by atoms with Gasteiger partial charge in [-0.15, -0.1) is 0 Å². The molecule has 1 aromatic rings. The van der Waals surface area contributed by atoms with Crippen molar-refractivity contribution in [1.29, 1.82) is 0 Å². The minimum atomic E-state index is 0.549. The third-order valence-corrected chi connectivity index (χ3v) is 1.62. The van der Waals surface area contributed by atoms with Crippen LogP contribution >= 0.6 is 0 Å². The Morgan fingerprint density at radius 2 is 2.42 bits per heavy atom. The molecule has 0 aliphatic carbocycles. The summed E-state index contributed by atoms with van der Waals surface area (Å²) in [6, 6.07) is 5.72. The van der Waals surface area contributed by atoms with Crippen molar-refractivity contribution in [3.8, 4) is 0 Å². The van der Waals surface area contributed by atoms with E-state index in [9.17, 15) is 4.79 Å². The van der Waals surface area contributed by atoms with Gasteiger partial charge >= 0.3 is 0 Å². The SMILES string of the molecule is CN(CCC=O)c1ccccn1. The zero-order valence-electron chi connectivity index (χ0n) is 7.10. The third-order valence-electron chi connectivity index (χ3n) is 1.62. The molecule has 0 unspecified atom stereocenters. The number of nitrogens with zero attached hydrogens (tertiary/aromatic N) is 2. The van der Waals surface area contributed by atoms with Gasteiger partial charge in [0.2, 0.25) is 0 Å². The highest BCUT2D eigenvalue weighted by atomic mass is 16.1. The van der Waals surface area contributed by atoms with Crippen LogP contribution in [-0.4, -0.2) is 24.9 Å². The molecule has 0 fully saturated rings. The first-order valence-electron chi connectivity index (χ1n) is 3.90. The van der Waals surface area contributed by atoms with Crippen LogP contribution in [0.4, 0.5) is 5.82 Å². The van der Waals surface area contributed by atoms with Gasteiger partial charge < -0.3 is 9.69 Å². The van der Waals surface area contributed by atoms with Crippen molar-refractivity contribution >= 4 is 12.1 Å². The van der Waals surface area contributed by atoms with Crippen molar-refractivity contribution in [1.82, 2.24) is 4.98 Å². The molecule has 0 radical (unpaired) electrons. The Balaban J connectivity index is 2.53. The molecule has 64 valence electrons. The smallest absolute Gasteiger partial charge is 0.128 e. The average molecular weight is 164 g/mol. The number of hydrogen-bond donors (Lipinski definition) is 0. The monoisotopic (exact) mass is 164 g/mol. The minimum absolute atomic E-state index is 0.549. The Bertz CT molecular complexity index is 236. The quantitative estimate of drug-likeness (QED) is 0.625. The maximum atomic E-state index is 10.1. The molecule has 3 nitrogen and oxygen atoms in total. The minimum Gasteiger partial charge on any atom is -0.359 e. The van der Waals surface area contributed by atoms with E-state index in [0.29, 0.717) is 6.42 Å². The van der Waals surface area contributed by atoms with E-state index in [1.807, 2.05) is 30.1 Å². The second-order valence-corrected chi connectivity index (χ2v) is 2.56. The van der Waals surface area contributed by atoms with Gasteiger partial charge in [0.25, 0.3) is 0 Å². The molecule has 0 aromatic carbocycles. The molecule has 0 saturated heterocycles. The van der Waals surface area contributed by atoms with Crippen LogP contribution in [0.3, 0.4) is 0 Å². The van der Waals surface area contributed by atoms with E-state index in [4.69, 9.17) is 0 Å². The Labute approximate surface area is 72.0 Å². The maximum Gasteiger partial charge on any atom is 0.128 e. The van der Waals surface area contributed by atoms with E-state index in [1.54, 1.807) is 6.20 Å². The number of carbonyl (C=O) groups is 1. The molecule has 12 heavy (non-hydrogen) atoms. The molecule has 1 rings (SSSR count). The topological polar surface area (TPSA) is 33.2 Å². The highest BCUT2D eigenvalue weighted by molar-refractivity contribution is 5.51. The zero-order chi connectivity index (χ0) is 8.81. The molecule has 0 N–H and O–H groups in total. The molecule has 0 amide bonds. The van der Waals surface area contributed by atoms with E-state index < -0.39 is 0 Å². The van der Waals surface area contributed by atoms with Gasteiger partial charge in [-0.05, 0) is 12.1 Å². The molecule has 0 aliphatic rings. The summed E-state index contributed by atoms with van der Waals surface area (Å²) < 4.78 is 0. The lowest BCUT2D eigenvalue weighted by molar-refractivity contribution is -0.107. The van der Waals surface area contributed by atoms with Gasteiger partial charge in [0.15, 0.2) is 0 Å². The molecular formula is C9H12N2O. The van der Waals surface area contributed by atoms with Crippen molar-refractivity contribution < 1.29 is 4.79 Å². The second kappa shape index (κ2) is 4.49. The normalized spacial score (nSPS) is 9.42. The zero-order valence-corrected chi connectivity index (χ0v) is 7.10. The molecule has 0 spiro atoms. The number of carbonyl (C=O) groups excluding carboxylic acids is 1. The molecule has 1 aromatic heterocycles. The lowest BCUT2D eigenvalue weighted by atomic mass is 10.4. The average Bonchev–Trinajstić information content (AvgIpc) is 2.15. The second-order valence-electron chi connectivity index (χ2n) is 2.56. The fourth-order valence-corrected chi connectivity index (χ4v) is 0.940. The van der Waals surface area contributed by atoms with Crippen LogP contribution in [0.25, 0.3) is 0 Å². The largest absolute Gasteiger partial charge is 0.359 e. The van der Waals surface area contributed by atoms with E-state index >= 15 is 0 Å². The Morgan fingerprint density at radius 1 is 1.58 bits per heavy atom. The Morgan fingerprint density at radius 3 is 3.00 bits per heavy atom. The standard InChI is InChI=1S/C9H12N2O/c1-11(7-4-8-12)9-5-2-3-6-10-9/h2-3,5-6,8H,4,7H2,1H3. The van der Waals surface area contributed by atoms with E-state index in [1.165, 1.54) is 0 Å². The summed E-state index contributed by atoms with van der Waals surface area (Å²) in [6.45, 7) is 0.723. The van der Waals surface area contributed by atoms with Gasteiger partial charge in [0.05, 0.1) is 0 Å². The van der Waals surface area contributed by atoms with Crippen LogP contribution in [0.5, 0.6) is 0 Å². The predicted molar refractivity (Wildman–Crippen MR) is 48.2 cm³/mol. The summed E-state index contributed by atoms with van der Waals surface area (Å²) in [5.74, 6) is 0.902. The molecule has 0 atom stereocenters. The molecule has 3 heteroatoms. The summed E-state index contributed by atoms with van der Waals surface area (Å²) in [4.78, 5) is 16.2. The molecule has 1 heterocycles. The van der Waals surface area contributed by atoms with Gasteiger partial charge in [0.1, 0.15) is 12.1 Å². The number of hydrogen-bond acceptors (Lipinski definition) is 3. The highest BCUT2D eigenvalue weighted by Crippen LogP contribution is 2.05. The summed E-state index contributed by atoms with van der Waals surface area (Å²) in [6.07, 6.45) is 3.21. The van der Waals surface area contributed by atoms with Crippen LogP contribution < -0.4 is 4.90 Å². The predicted octanol–water partition coefficient (Wildman–Crippen LogP) is 1.11. The number of anilines is 1. The van der Waals surface area contributed by atoms with E-state index in [0.717, 1.165) is 18.6 Å². The van der Waals surface area contributed by atoms with Gasteiger partial charge in [-0.2, -0.15) is 0 Å². The number of aromatic nitrogens is 1. The fourth-order valence-electron chi connectivity index (χ4n) is 0.940. The summed E-state index contributed by atoms with van der Waals surface area (Å²) in [7, 11) is 1.92. The van der Waals surface area contributed by atoms with Crippen molar-refractivity contribution in [2.75, 3.05) is 18.5 Å². The third kappa shape index (κ3) is 2.34. The van der Waals surface area contributed by atoms with E-state index in [2.05, 4.69) is 4.98 Å². The van der Waals surface area contributed by atoms with E-state index in [-0.39, 0.29) is 0 Å². The molecule has 0 saturated carbocycles. The van der Waals surface area contributed by atoms with Gasteiger partial charge in [-0.25, -0.2) is 4.98 Å². The summed E-state index contributed by atoms with van der Waals surface area (Å²) >= 11 is 0. The van der Waals surface area contributed by atoms with Crippen LogP contribution in [0.15, 0.2) is 24.4 Å². The first-order valence-corrected chi connectivity index (χ1v) is 3.90. The Hall–Kier alpha value is -1.38. The molecule has 0 bridgehead atoms. The van der Waals surface area contributed by atoms with Crippen LogP contribution in [0, 0.1) is 0 Å². The number of pyridine rings is 1. The number of aldehydes is 1.